The van der Waals surface area contributed by atoms with Crippen LogP contribution >= 0.6 is 27.7 Å². The molecule has 1 aromatic rings. The van der Waals surface area contributed by atoms with Crippen LogP contribution in [0.3, 0.4) is 0 Å². The second kappa shape index (κ2) is 4.94. The first-order valence-electron chi connectivity index (χ1n) is 5.99. The predicted molar refractivity (Wildman–Crippen MR) is 75.5 cm³/mol. The van der Waals surface area contributed by atoms with Gasteiger partial charge < -0.3 is 5.11 Å². The molecule has 96 valence electrons. The van der Waals surface area contributed by atoms with Crippen molar-refractivity contribution in [3.63, 3.8) is 0 Å². The number of rotatable bonds is 3. The van der Waals surface area contributed by atoms with Crippen LogP contribution in [0, 0.1) is 0 Å². The van der Waals surface area contributed by atoms with Crippen molar-refractivity contribution in [2.75, 3.05) is 5.75 Å². The first kappa shape index (κ1) is 13.4. The minimum Gasteiger partial charge on any atom is -0.389 e. The molecule has 1 aliphatic heterocycles. The molecule has 0 aliphatic carbocycles. The average Bonchev–Trinajstić information content (AvgIpc) is 2.73. The third kappa shape index (κ3) is 2.71. The predicted octanol–water partition coefficient (Wildman–Crippen LogP) is 2.54. The van der Waals surface area contributed by atoms with Crippen LogP contribution in [0.2, 0.25) is 0 Å². The van der Waals surface area contributed by atoms with E-state index in [2.05, 4.69) is 34.9 Å². The number of nitrogens with zero attached hydrogens (tertiary/aromatic N) is 2. The van der Waals surface area contributed by atoms with Crippen molar-refractivity contribution in [2.45, 2.75) is 44.0 Å². The van der Waals surface area contributed by atoms with Crippen LogP contribution in [0.4, 0.5) is 0 Å². The lowest BCUT2D eigenvalue weighted by atomic mass is 9.94. The first-order chi connectivity index (χ1) is 7.95. The topological polar surface area (TPSA) is 38.0 Å². The van der Waals surface area contributed by atoms with Gasteiger partial charge in [0.25, 0.3) is 0 Å². The maximum atomic E-state index is 10.6. The Kier molecular flexibility index (Phi) is 3.90. The molecule has 2 atom stereocenters. The summed E-state index contributed by atoms with van der Waals surface area (Å²) >= 11 is 5.46. The average molecular weight is 319 g/mol. The quantitative estimate of drug-likeness (QED) is 0.930. The Morgan fingerprint density at radius 1 is 1.65 bits per heavy atom. The summed E-state index contributed by atoms with van der Waals surface area (Å²) in [5, 5.41) is 15.6. The fraction of sp³-hybridized carbons (Fsp3) is 0.750. The molecule has 0 saturated carbocycles. The van der Waals surface area contributed by atoms with E-state index in [1.165, 1.54) is 0 Å². The number of aromatic nitrogens is 2. The van der Waals surface area contributed by atoms with Gasteiger partial charge >= 0.3 is 0 Å². The second-order valence-corrected chi connectivity index (χ2v) is 7.13. The highest BCUT2D eigenvalue weighted by Crippen LogP contribution is 2.37. The van der Waals surface area contributed by atoms with Gasteiger partial charge in [0.15, 0.2) is 0 Å². The molecule has 1 aliphatic rings. The zero-order valence-corrected chi connectivity index (χ0v) is 12.9. The highest BCUT2D eigenvalue weighted by molar-refractivity contribution is 9.10. The molecule has 1 saturated heterocycles. The van der Waals surface area contributed by atoms with Crippen LogP contribution in [0.1, 0.15) is 31.7 Å². The Labute approximate surface area is 115 Å². The van der Waals surface area contributed by atoms with E-state index in [1.54, 1.807) is 0 Å². The Bertz CT molecular complexity index is 421. The van der Waals surface area contributed by atoms with E-state index in [-0.39, 0.29) is 0 Å². The summed E-state index contributed by atoms with van der Waals surface area (Å²) < 4.78 is 2.97. The number of hydrogen-bond acceptors (Lipinski definition) is 3. The molecule has 0 radical (unpaired) electrons. The summed E-state index contributed by atoms with van der Waals surface area (Å²) in [4.78, 5) is 0. The number of thioether (sulfide) groups is 1. The fourth-order valence-electron chi connectivity index (χ4n) is 2.40. The van der Waals surface area contributed by atoms with E-state index in [0.717, 1.165) is 34.5 Å². The molecule has 2 heterocycles. The van der Waals surface area contributed by atoms with Gasteiger partial charge in [-0.3, -0.25) is 4.68 Å². The lowest BCUT2D eigenvalue weighted by molar-refractivity contribution is 0.0621. The lowest BCUT2D eigenvalue weighted by Crippen LogP contribution is -2.32. The van der Waals surface area contributed by atoms with Gasteiger partial charge in [-0.25, -0.2) is 0 Å². The van der Waals surface area contributed by atoms with Gasteiger partial charge in [-0.05, 0) is 28.8 Å². The minimum absolute atomic E-state index is 0.553. The largest absolute Gasteiger partial charge is 0.389 e. The SMILES string of the molecule is CCc1nn(C)c(CC2(O)CSC(C)C2)c1Br. The van der Waals surface area contributed by atoms with Crippen LogP contribution < -0.4 is 0 Å². The fourth-order valence-corrected chi connectivity index (χ4v) is 4.40. The zero-order chi connectivity index (χ0) is 12.6. The van der Waals surface area contributed by atoms with E-state index < -0.39 is 5.60 Å². The van der Waals surface area contributed by atoms with Gasteiger partial charge in [0.1, 0.15) is 0 Å². The summed E-state index contributed by atoms with van der Waals surface area (Å²) in [5.41, 5.74) is 1.62. The van der Waals surface area contributed by atoms with Gasteiger partial charge in [0.2, 0.25) is 0 Å². The van der Waals surface area contributed by atoms with Crippen molar-refractivity contribution in [3.05, 3.63) is 15.9 Å². The van der Waals surface area contributed by atoms with Gasteiger partial charge in [-0.15, -0.1) is 0 Å². The summed E-state index contributed by atoms with van der Waals surface area (Å²) in [6.45, 7) is 4.28. The molecular weight excluding hydrogens is 300 g/mol. The summed E-state index contributed by atoms with van der Waals surface area (Å²) in [7, 11) is 1.95. The van der Waals surface area contributed by atoms with Gasteiger partial charge in [0.05, 0.1) is 21.5 Å². The third-order valence-corrected chi connectivity index (χ3v) is 5.66. The van der Waals surface area contributed by atoms with Crippen LogP contribution in [-0.4, -0.2) is 31.5 Å². The van der Waals surface area contributed by atoms with E-state index in [4.69, 9.17) is 0 Å². The first-order valence-corrected chi connectivity index (χ1v) is 7.83. The molecule has 1 fully saturated rings. The van der Waals surface area contributed by atoms with E-state index in [1.807, 2.05) is 23.5 Å². The van der Waals surface area contributed by atoms with Gasteiger partial charge in [0, 0.05) is 24.5 Å². The lowest BCUT2D eigenvalue weighted by Gasteiger charge is -2.21. The molecule has 2 rings (SSSR count). The molecular formula is C12H19BrN2OS. The van der Waals surface area contributed by atoms with Crippen molar-refractivity contribution in [3.8, 4) is 0 Å². The van der Waals surface area contributed by atoms with Crippen molar-refractivity contribution in [2.24, 2.45) is 7.05 Å². The van der Waals surface area contributed by atoms with E-state index in [0.29, 0.717) is 11.7 Å². The van der Waals surface area contributed by atoms with Gasteiger partial charge in [-0.1, -0.05) is 13.8 Å². The molecule has 1 N–H and O–H groups in total. The van der Waals surface area contributed by atoms with Crippen LogP contribution in [-0.2, 0) is 19.9 Å². The molecule has 0 amide bonds. The van der Waals surface area contributed by atoms with Crippen molar-refractivity contribution in [1.82, 2.24) is 9.78 Å². The Morgan fingerprint density at radius 3 is 2.82 bits per heavy atom. The van der Waals surface area contributed by atoms with Crippen LogP contribution in [0.5, 0.6) is 0 Å². The molecule has 2 unspecified atom stereocenters. The van der Waals surface area contributed by atoms with Crippen molar-refractivity contribution < 1.29 is 5.11 Å². The number of hydrogen-bond donors (Lipinski definition) is 1. The zero-order valence-electron chi connectivity index (χ0n) is 10.5. The van der Waals surface area contributed by atoms with Crippen molar-refractivity contribution in [1.29, 1.82) is 0 Å². The van der Waals surface area contributed by atoms with E-state index >= 15 is 0 Å². The molecule has 0 spiro atoms. The smallest absolute Gasteiger partial charge is 0.0803 e. The number of aryl methyl sites for hydroxylation is 2. The Hall–Kier alpha value is -0.000000000000000111. The molecule has 5 heteroatoms. The standard InChI is InChI=1S/C12H19BrN2OS/c1-4-9-11(13)10(15(3)14-9)6-12(16)5-8(2)17-7-12/h8,16H,4-7H2,1-3H3. The minimum atomic E-state index is -0.564. The number of halogens is 1. The molecule has 17 heavy (non-hydrogen) atoms. The van der Waals surface area contributed by atoms with Gasteiger partial charge in [-0.2, -0.15) is 16.9 Å². The molecule has 0 bridgehead atoms. The van der Waals surface area contributed by atoms with Crippen molar-refractivity contribution >= 4 is 27.7 Å². The summed E-state index contributed by atoms with van der Waals surface area (Å²) in [6, 6.07) is 0. The van der Waals surface area contributed by atoms with Crippen LogP contribution in [0.15, 0.2) is 4.47 Å². The molecule has 3 nitrogen and oxygen atoms in total. The number of aliphatic hydroxyl groups is 1. The summed E-state index contributed by atoms with van der Waals surface area (Å²) in [6.07, 6.45) is 2.48. The molecule has 1 aromatic heterocycles. The highest BCUT2D eigenvalue weighted by atomic mass is 79.9. The maximum Gasteiger partial charge on any atom is 0.0803 e. The highest BCUT2D eigenvalue weighted by Gasteiger charge is 2.37. The maximum absolute atomic E-state index is 10.6. The summed E-state index contributed by atoms with van der Waals surface area (Å²) in [5.74, 6) is 0.827. The monoisotopic (exact) mass is 318 g/mol. The van der Waals surface area contributed by atoms with Crippen LogP contribution in [0.25, 0.3) is 0 Å². The van der Waals surface area contributed by atoms with E-state index in [9.17, 15) is 5.11 Å². The Morgan fingerprint density at radius 2 is 2.35 bits per heavy atom. The second-order valence-electron chi connectivity index (χ2n) is 4.91. The molecule has 0 aromatic carbocycles. The normalized spacial score (nSPS) is 28.9. The third-order valence-electron chi connectivity index (χ3n) is 3.30. The Balaban J connectivity index is 2.21.